The third kappa shape index (κ3) is 2.43. The van der Waals surface area contributed by atoms with Gasteiger partial charge in [-0.1, -0.05) is 12.8 Å². The number of nitrogens with zero attached hydrogens (tertiary/aromatic N) is 2. The first-order valence-corrected chi connectivity index (χ1v) is 6.73. The van der Waals surface area contributed by atoms with Crippen LogP contribution in [-0.2, 0) is 0 Å². The summed E-state index contributed by atoms with van der Waals surface area (Å²) < 4.78 is 0. The highest BCUT2D eigenvalue weighted by Crippen LogP contribution is 2.19. The zero-order chi connectivity index (χ0) is 11.5. The number of aromatic nitrogens is 1. The molecule has 0 radical (unpaired) electrons. The largest absolute Gasteiger partial charge is 0.337 e. The predicted octanol–water partition coefficient (Wildman–Crippen LogP) is 2.78. The highest BCUT2D eigenvalue weighted by Gasteiger charge is 2.21. The van der Waals surface area contributed by atoms with E-state index in [4.69, 9.17) is 0 Å². The highest BCUT2D eigenvalue weighted by molar-refractivity contribution is 7.11. The molecule has 88 valence electrons. The maximum absolute atomic E-state index is 12.3. The number of rotatable bonds is 1. The van der Waals surface area contributed by atoms with Crippen molar-refractivity contribution in [3.63, 3.8) is 0 Å². The molecule has 0 atom stereocenters. The van der Waals surface area contributed by atoms with Crippen molar-refractivity contribution in [3.8, 4) is 0 Å². The molecule has 0 aliphatic carbocycles. The lowest BCUT2D eigenvalue weighted by atomic mass is 10.2. The summed E-state index contributed by atoms with van der Waals surface area (Å²) in [4.78, 5) is 19.6. The van der Waals surface area contributed by atoms with Gasteiger partial charge in [0.2, 0.25) is 0 Å². The Hall–Kier alpha value is -0.900. The van der Waals surface area contributed by atoms with Crippen molar-refractivity contribution < 1.29 is 4.79 Å². The van der Waals surface area contributed by atoms with Crippen LogP contribution in [0.5, 0.6) is 0 Å². The van der Waals surface area contributed by atoms with E-state index >= 15 is 0 Å². The van der Waals surface area contributed by atoms with Gasteiger partial charge in [0.1, 0.15) is 5.69 Å². The third-order valence-electron chi connectivity index (χ3n) is 3.00. The molecular formula is C12H18N2OS. The summed E-state index contributed by atoms with van der Waals surface area (Å²) in [6.07, 6.45) is 4.76. The molecule has 1 aromatic heterocycles. The summed E-state index contributed by atoms with van der Waals surface area (Å²) in [6, 6.07) is 0. The van der Waals surface area contributed by atoms with Gasteiger partial charge in [0, 0.05) is 18.0 Å². The van der Waals surface area contributed by atoms with Gasteiger partial charge in [0.05, 0.1) is 5.01 Å². The summed E-state index contributed by atoms with van der Waals surface area (Å²) in [5.74, 6) is 0.128. The molecule has 0 bridgehead atoms. The number of amides is 1. The molecule has 2 heterocycles. The van der Waals surface area contributed by atoms with Gasteiger partial charge >= 0.3 is 0 Å². The lowest BCUT2D eigenvalue weighted by Crippen LogP contribution is -2.32. The predicted molar refractivity (Wildman–Crippen MR) is 66.0 cm³/mol. The molecule has 2 rings (SSSR count). The smallest absolute Gasteiger partial charge is 0.273 e. The fourth-order valence-electron chi connectivity index (χ4n) is 2.15. The van der Waals surface area contributed by atoms with E-state index in [0.29, 0.717) is 5.69 Å². The van der Waals surface area contributed by atoms with Crippen molar-refractivity contribution in [2.24, 2.45) is 0 Å². The van der Waals surface area contributed by atoms with E-state index in [1.807, 2.05) is 18.7 Å². The van der Waals surface area contributed by atoms with Gasteiger partial charge in [-0.3, -0.25) is 4.79 Å². The van der Waals surface area contributed by atoms with Crippen molar-refractivity contribution in [1.29, 1.82) is 0 Å². The molecule has 16 heavy (non-hydrogen) atoms. The third-order valence-corrected chi connectivity index (χ3v) is 3.89. The van der Waals surface area contributed by atoms with E-state index in [9.17, 15) is 4.79 Å². The second-order valence-electron chi connectivity index (χ2n) is 4.34. The number of hydrogen-bond acceptors (Lipinski definition) is 3. The van der Waals surface area contributed by atoms with Gasteiger partial charge in [-0.15, -0.1) is 11.3 Å². The van der Waals surface area contributed by atoms with E-state index in [2.05, 4.69) is 4.98 Å². The first kappa shape index (κ1) is 11.6. The molecule has 0 N–H and O–H groups in total. The SMILES string of the molecule is Cc1nc(C(=O)N2CCCCCC2)c(C)s1. The standard InChI is InChI=1S/C12H18N2OS/c1-9-11(13-10(2)16-9)12(15)14-7-5-3-4-6-8-14/h3-8H2,1-2H3. The Morgan fingerprint density at radius 3 is 2.31 bits per heavy atom. The van der Waals surface area contributed by atoms with Crippen molar-refractivity contribution in [2.45, 2.75) is 39.5 Å². The lowest BCUT2D eigenvalue weighted by Gasteiger charge is -2.19. The number of carbonyl (C=O) groups is 1. The molecule has 1 aliphatic heterocycles. The van der Waals surface area contributed by atoms with Crippen LogP contribution in [0.4, 0.5) is 0 Å². The molecule has 1 fully saturated rings. The molecule has 4 heteroatoms. The number of aryl methyl sites for hydroxylation is 2. The number of carbonyl (C=O) groups excluding carboxylic acids is 1. The van der Waals surface area contributed by atoms with Crippen LogP contribution in [0.25, 0.3) is 0 Å². The fourth-order valence-corrected chi connectivity index (χ4v) is 2.96. The fraction of sp³-hybridized carbons (Fsp3) is 0.667. The minimum atomic E-state index is 0.128. The van der Waals surface area contributed by atoms with Crippen LogP contribution in [-0.4, -0.2) is 28.9 Å². The van der Waals surface area contributed by atoms with Crippen LogP contribution < -0.4 is 0 Å². The summed E-state index contributed by atoms with van der Waals surface area (Å²) in [6.45, 7) is 5.73. The maximum atomic E-state index is 12.3. The quantitative estimate of drug-likeness (QED) is 0.753. The average Bonchev–Trinajstić information content (AvgIpc) is 2.49. The van der Waals surface area contributed by atoms with E-state index in [-0.39, 0.29) is 5.91 Å². The van der Waals surface area contributed by atoms with Gasteiger partial charge in [-0.2, -0.15) is 0 Å². The maximum Gasteiger partial charge on any atom is 0.273 e. The van der Waals surface area contributed by atoms with E-state index in [0.717, 1.165) is 35.8 Å². The van der Waals surface area contributed by atoms with Gasteiger partial charge in [0.15, 0.2) is 0 Å². The van der Waals surface area contributed by atoms with Crippen LogP contribution in [0.3, 0.4) is 0 Å². The first-order chi connectivity index (χ1) is 7.68. The van der Waals surface area contributed by atoms with Gasteiger partial charge in [0.25, 0.3) is 5.91 Å². The molecule has 0 spiro atoms. The van der Waals surface area contributed by atoms with Gasteiger partial charge in [-0.25, -0.2) is 4.98 Å². The second kappa shape index (κ2) is 4.95. The molecule has 1 amide bonds. The molecule has 3 nitrogen and oxygen atoms in total. The van der Waals surface area contributed by atoms with E-state index in [1.54, 1.807) is 11.3 Å². The molecule has 0 unspecified atom stereocenters. The van der Waals surface area contributed by atoms with Crippen LogP contribution in [0.2, 0.25) is 0 Å². The van der Waals surface area contributed by atoms with Crippen LogP contribution in [0.15, 0.2) is 0 Å². The summed E-state index contributed by atoms with van der Waals surface area (Å²) in [7, 11) is 0. The summed E-state index contributed by atoms with van der Waals surface area (Å²) in [5, 5.41) is 0.982. The Labute approximate surface area is 100 Å². The Balaban J connectivity index is 2.14. The monoisotopic (exact) mass is 238 g/mol. The minimum absolute atomic E-state index is 0.128. The molecule has 0 aromatic carbocycles. The zero-order valence-electron chi connectivity index (χ0n) is 9.95. The Morgan fingerprint density at radius 2 is 1.81 bits per heavy atom. The van der Waals surface area contributed by atoms with Crippen molar-refractivity contribution in [1.82, 2.24) is 9.88 Å². The summed E-state index contributed by atoms with van der Waals surface area (Å²) in [5.41, 5.74) is 0.671. The normalized spacial score (nSPS) is 17.2. The van der Waals surface area contributed by atoms with Crippen LogP contribution >= 0.6 is 11.3 Å². The molecule has 1 aromatic rings. The Bertz CT molecular complexity index is 378. The van der Waals surface area contributed by atoms with E-state index in [1.165, 1.54) is 12.8 Å². The number of thiazole rings is 1. The average molecular weight is 238 g/mol. The van der Waals surface area contributed by atoms with Crippen molar-refractivity contribution >= 4 is 17.2 Å². The van der Waals surface area contributed by atoms with Gasteiger partial charge < -0.3 is 4.90 Å². The second-order valence-corrected chi connectivity index (χ2v) is 5.75. The zero-order valence-corrected chi connectivity index (χ0v) is 10.8. The van der Waals surface area contributed by atoms with Gasteiger partial charge in [-0.05, 0) is 26.7 Å². The number of likely N-dealkylation sites (tertiary alicyclic amines) is 1. The van der Waals surface area contributed by atoms with Crippen LogP contribution in [0.1, 0.15) is 46.1 Å². The lowest BCUT2D eigenvalue weighted by molar-refractivity contribution is 0.0755. The van der Waals surface area contributed by atoms with Crippen molar-refractivity contribution in [2.75, 3.05) is 13.1 Å². The van der Waals surface area contributed by atoms with Crippen molar-refractivity contribution in [3.05, 3.63) is 15.6 Å². The Kier molecular flexibility index (Phi) is 3.59. The van der Waals surface area contributed by atoms with Crippen LogP contribution in [0, 0.1) is 13.8 Å². The molecule has 0 saturated carbocycles. The summed E-state index contributed by atoms with van der Waals surface area (Å²) >= 11 is 1.61. The minimum Gasteiger partial charge on any atom is -0.337 e. The van der Waals surface area contributed by atoms with E-state index < -0.39 is 0 Å². The first-order valence-electron chi connectivity index (χ1n) is 5.92. The molecule has 1 aliphatic rings. The Morgan fingerprint density at radius 1 is 1.19 bits per heavy atom. The molecular weight excluding hydrogens is 220 g/mol. The molecule has 1 saturated heterocycles. The number of hydrogen-bond donors (Lipinski definition) is 0. The topological polar surface area (TPSA) is 33.2 Å². The highest BCUT2D eigenvalue weighted by atomic mass is 32.1.